The molecular formula is C12H13BrN2O2S2. The third kappa shape index (κ3) is 3.34. The molecule has 0 aliphatic rings. The first-order valence-corrected chi connectivity index (χ1v) is 8.75. The van der Waals surface area contributed by atoms with Gasteiger partial charge in [0.1, 0.15) is 10.0 Å². The zero-order valence-corrected chi connectivity index (χ0v) is 13.7. The van der Waals surface area contributed by atoms with Crippen LogP contribution in [-0.2, 0) is 16.4 Å². The number of hydrogen-bond donors (Lipinski definition) is 1. The van der Waals surface area contributed by atoms with Gasteiger partial charge in [0.2, 0.25) is 0 Å². The summed E-state index contributed by atoms with van der Waals surface area (Å²) in [4.78, 5) is 5.09. The van der Waals surface area contributed by atoms with E-state index in [1.165, 1.54) is 11.3 Å². The largest absolute Gasteiger partial charge is 0.272 e. The highest BCUT2D eigenvalue weighted by molar-refractivity contribution is 9.10. The van der Waals surface area contributed by atoms with E-state index in [-0.39, 0.29) is 0 Å². The van der Waals surface area contributed by atoms with Crippen LogP contribution in [0, 0.1) is 6.92 Å². The van der Waals surface area contributed by atoms with Crippen LogP contribution in [0.25, 0.3) is 0 Å². The molecule has 0 unspecified atom stereocenters. The van der Waals surface area contributed by atoms with E-state index in [0.717, 1.165) is 21.3 Å². The topological polar surface area (TPSA) is 59.1 Å². The third-order valence-corrected chi connectivity index (χ3v) is 6.44. The predicted molar refractivity (Wildman–Crippen MR) is 81.2 cm³/mol. The Morgan fingerprint density at radius 2 is 2.16 bits per heavy atom. The van der Waals surface area contributed by atoms with Crippen LogP contribution in [0.2, 0.25) is 0 Å². The van der Waals surface area contributed by atoms with Crippen LogP contribution in [0.5, 0.6) is 0 Å². The average molecular weight is 361 g/mol. The van der Waals surface area contributed by atoms with Crippen LogP contribution >= 0.6 is 27.3 Å². The number of halogens is 1. The van der Waals surface area contributed by atoms with Gasteiger partial charge in [-0.3, -0.25) is 4.72 Å². The quantitative estimate of drug-likeness (QED) is 0.906. The van der Waals surface area contributed by atoms with Crippen molar-refractivity contribution in [2.75, 3.05) is 4.72 Å². The summed E-state index contributed by atoms with van der Waals surface area (Å²) in [5.74, 6) is 0.326. The van der Waals surface area contributed by atoms with Crippen molar-refractivity contribution in [1.82, 2.24) is 4.98 Å². The number of thiophene rings is 1. The number of sulfonamides is 1. The second kappa shape index (κ2) is 5.60. The van der Waals surface area contributed by atoms with E-state index in [0.29, 0.717) is 10.0 Å². The molecule has 4 nitrogen and oxygen atoms in total. The number of hydrogen-bond acceptors (Lipinski definition) is 4. The summed E-state index contributed by atoms with van der Waals surface area (Å²) in [7, 11) is -3.54. The fourth-order valence-corrected chi connectivity index (χ4v) is 3.99. The highest BCUT2D eigenvalue weighted by atomic mass is 79.9. The lowest BCUT2D eigenvalue weighted by atomic mass is 10.3. The van der Waals surface area contributed by atoms with E-state index >= 15 is 0 Å². The normalized spacial score (nSPS) is 11.5. The summed E-state index contributed by atoms with van der Waals surface area (Å²) in [5.41, 5.74) is 0.924. The van der Waals surface area contributed by atoms with Crippen LogP contribution in [-0.4, -0.2) is 13.4 Å². The zero-order chi connectivity index (χ0) is 14.0. The van der Waals surface area contributed by atoms with Gasteiger partial charge in [0, 0.05) is 15.5 Å². The van der Waals surface area contributed by atoms with Crippen molar-refractivity contribution in [1.29, 1.82) is 0 Å². The van der Waals surface area contributed by atoms with E-state index in [4.69, 9.17) is 0 Å². The number of nitrogens with one attached hydrogen (secondary N) is 1. The molecule has 0 amide bonds. The van der Waals surface area contributed by atoms with E-state index in [1.54, 1.807) is 18.3 Å². The SMILES string of the molecule is CCc1ccc(S(=O)(=O)Nc2cc(C)c(Br)cn2)s1. The highest BCUT2D eigenvalue weighted by Crippen LogP contribution is 2.25. The van der Waals surface area contributed by atoms with Gasteiger partial charge < -0.3 is 0 Å². The molecule has 1 N–H and O–H groups in total. The first kappa shape index (κ1) is 14.5. The second-order valence-electron chi connectivity index (χ2n) is 4.00. The standard InChI is InChI=1S/C12H13BrN2O2S2/c1-3-9-4-5-12(18-9)19(16,17)15-11-6-8(2)10(13)7-14-11/h4-7H,3H2,1-2H3,(H,14,15). The lowest BCUT2D eigenvalue weighted by Gasteiger charge is -2.06. The molecule has 0 spiro atoms. The van der Waals surface area contributed by atoms with E-state index in [1.807, 2.05) is 19.9 Å². The molecule has 0 aliphatic carbocycles. The molecule has 0 radical (unpaired) electrons. The van der Waals surface area contributed by atoms with Gasteiger partial charge in [0.15, 0.2) is 0 Å². The van der Waals surface area contributed by atoms with Gasteiger partial charge in [0.05, 0.1) is 0 Å². The van der Waals surface area contributed by atoms with Crippen molar-refractivity contribution in [2.45, 2.75) is 24.5 Å². The highest BCUT2D eigenvalue weighted by Gasteiger charge is 2.17. The summed E-state index contributed by atoms with van der Waals surface area (Å²) in [6, 6.07) is 5.15. The maximum Gasteiger partial charge on any atom is 0.272 e. The minimum Gasteiger partial charge on any atom is -0.263 e. The maximum atomic E-state index is 12.2. The Morgan fingerprint density at radius 1 is 1.42 bits per heavy atom. The molecular weight excluding hydrogens is 348 g/mol. The van der Waals surface area contributed by atoms with Gasteiger partial charge in [-0.25, -0.2) is 13.4 Å². The van der Waals surface area contributed by atoms with Gasteiger partial charge in [0.25, 0.3) is 10.0 Å². The van der Waals surface area contributed by atoms with Crippen LogP contribution in [0.1, 0.15) is 17.4 Å². The summed E-state index contributed by atoms with van der Waals surface area (Å²) in [6.07, 6.45) is 2.41. The summed E-state index contributed by atoms with van der Waals surface area (Å²) in [6.45, 7) is 3.87. The summed E-state index contributed by atoms with van der Waals surface area (Å²) < 4.78 is 28.0. The fourth-order valence-electron chi connectivity index (χ4n) is 1.48. The molecule has 0 bridgehead atoms. The molecule has 0 saturated heterocycles. The third-order valence-electron chi connectivity index (χ3n) is 2.54. The van der Waals surface area contributed by atoms with E-state index < -0.39 is 10.0 Å². The molecule has 0 aliphatic heterocycles. The maximum absolute atomic E-state index is 12.2. The van der Waals surface area contributed by atoms with Crippen LogP contribution in [0.4, 0.5) is 5.82 Å². The predicted octanol–water partition coefficient (Wildman–Crippen LogP) is 3.58. The van der Waals surface area contributed by atoms with Crippen molar-refractivity contribution in [3.63, 3.8) is 0 Å². The Bertz CT molecular complexity index is 696. The number of aryl methyl sites for hydroxylation is 2. The first-order chi connectivity index (χ1) is 8.92. The molecule has 2 aromatic heterocycles. The van der Waals surface area contributed by atoms with Crippen molar-refractivity contribution >= 4 is 43.1 Å². The summed E-state index contributed by atoms with van der Waals surface area (Å²) >= 11 is 4.61. The van der Waals surface area contributed by atoms with E-state index in [2.05, 4.69) is 25.6 Å². The molecule has 19 heavy (non-hydrogen) atoms. The van der Waals surface area contributed by atoms with Crippen molar-refractivity contribution < 1.29 is 8.42 Å². The molecule has 0 saturated carbocycles. The Balaban J connectivity index is 2.28. The molecule has 2 aromatic rings. The molecule has 102 valence electrons. The lowest BCUT2D eigenvalue weighted by Crippen LogP contribution is -2.12. The minimum absolute atomic E-state index is 0.312. The smallest absolute Gasteiger partial charge is 0.263 e. The van der Waals surface area contributed by atoms with Gasteiger partial charge in [-0.15, -0.1) is 11.3 Å². The van der Waals surface area contributed by atoms with Gasteiger partial charge in [-0.05, 0) is 53.0 Å². The fraction of sp³-hybridized carbons (Fsp3) is 0.250. The Morgan fingerprint density at radius 3 is 2.74 bits per heavy atom. The van der Waals surface area contributed by atoms with Crippen molar-refractivity contribution in [3.05, 3.63) is 39.3 Å². The van der Waals surface area contributed by atoms with Gasteiger partial charge >= 0.3 is 0 Å². The zero-order valence-electron chi connectivity index (χ0n) is 10.5. The van der Waals surface area contributed by atoms with Gasteiger partial charge in [-0.2, -0.15) is 0 Å². The van der Waals surface area contributed by atoms with Crippen LogP contribution in [0.15, 0.2) is 33.1 Å². The van der Waals surface area contributed by atoms with Crippen molar-refractivity contribution in [3.8, 4) is 0 Å². The molecule has 0 aromatic carbocycles. The average Bonchev–Trinajstić information content (AvgIpc) is 2.83. The number of anilines is 1. The molecule has 0 atom stereocenters. The second-order valence-corrected chi connectivity index (χ2v) is 7.93. The lowest BCUT2D eigenvalue weighted by molar-refractivity contribution is 0.603. The van der Waals surface area contributed by atoms with Gasteiger partial charge in [-0.1, -0.05) is 6.92 Å². The van der Waals surface area contributed by atoms with Crippen LogP contribution in [0.3, 0.4) is 0 Å². The Kier molecular flexibility index (Phi) is 4.27. The molecule has 2 rings (SSSR count). The van der Waals surface area contributed by atoms with Crippen molar-refractivity contribution in [2.24, 2.45) is 0 Å². The molecule has 7 heteroatoms. The van der Waals surface area contributed by atoms with Crippen LogP contribution < -0.4 is 4.72 Å². The number of nitrogens with zero attached hydrogens (tertiary/aromatic N) is 1. The van der Waals surface area contributed by atoms with E-state index in [9.17, 15) is 8.42 Å². The number of rotatable bonds is 4. The number of aromatic nitrogens is 1. The summed E-state index contributed by atoms with van der Waals surface area (Å²) in [5, 5.41) is 0. The monoisotopic (exact) mass is 360 g/mol. The Labute approximate surface area is 125 Å². The number of pyridine rings is 1. The molecule has 0 fully saturated rings. The Hall–Kier alpha value is -0.920. The molecule has 2 heterocycles. The first-order valence-electron chi connectivity index (χ1n) is 5.66. The minimum atomic E-state index is -3.54.